The average Bonchev–Trinajstić information content (AvgIpc) is 2.45. The van der Waals surface area contributed by atoms with E-state index in [1.54, 1.807) is 6.07 Å². The van der Waals surface area contributed by atoms with E-state index in [4.69, 9.17) is 4.74 Å². The summed E-state index contributed by atoms with van der Waals surface area (Å²) in [4.78, 5) is 0. The molecule has 106 valence electrons. The van der Waals surface area contributed by atoms with Crippen LogP contribution in [-0.2, 0) is 13.2 Å². The Morgan fingerprint density at radius 1 is 1.15 bits per heavy atom. The molecule has 0 aliphatic carbocycles. The van der Waals surface area contributed by atoms with Crippen molar-refractivity contribution in [1.29, 1.82) is 0 Å². The summed E-state index contributed by atoms with van der Waals surface area (Å²) in [6.07, 6.45) is 0. The van der Waals surface area contributed by atoms with Crippen LogP contribution in [0.3, 0.4) is 0 Å². The molecule has 0 saturated carbocycles. The highest BCUT2D eigenvalue weighted by molar-refractivity contribution is 9.10. The van der Waals surface area contributed by atoms with E-state index in [1.807, 2.05) is 24.3 Å². The first-order valence-electron chi connectivity index (χ1n) is 6.56. The van der Waals surface area contributed by atoms with E-state index in [0.717, 1.165) is 34.4 Å². The van der Waals surface area contributed by atoms with Gasteiger partial charge in [-0.3, -0.25) is 0 Å². The van der Waals surface area contributed by atoms with Crippen LogP contribution in [0.15, 0.2) is 46.9 Å². The van der Waals surface area contributed by atoms with Gasteiger partial charge in [0.1, 0.15) is 18.2 Å². The number of benzene rings is 2. The molecule has 0 spiro atoms. The third-order valence-electron chi connectivity index (χ3n) is 2.94. The van der Waals surface area contributed by atoms with E-state index in [9.17, 15) is 4.39 Å². The quantitative estimate of drug-likeness (QED) is 0.849. The monoisotopic (exact) mass is 337 g/mol. The molecular weight excluding hydrogens is 321 g/mol. The highest BCUT2D eigenvalue weighted by Gasteiger charge is 2.05. The minimum absolute atomic E-state index is 0.256. The van der Waals surface area contributed by atoms with Crippen LogP contribution in [0.25, 0.3) is 0 Å². The van der Waals surface area contributed by atoms with Crippen LogP contribution >= 0.6 is 15.9 Å². The lowest BCUT2D eigenvalue weighted by Gasteiger charge is -2.12. The number of rotatable bonds is 6. The molecule has 0 atom stereocenters. The summed E-state index contributed by atoms with van der Waals surface area (Å²) in [5.74, 6) is 0.595. The summed E-state index contributed by atoms with van der Waals surface area (Å²) >= 11 is 3.35. The topological polar surface area (TPSA) is 21.3 Å². The number of hydrogen-bond donors (Lipinski definition) is 1. The summed E-state index contributed by atoms with van der Waals surface area (Å²) in [5, 5.41) is 3.28. The normalized spacial score (nSPS) is 10.6. The van der Waals surface area contributed by atoms with E-state index in [0.29, 0.717) is 6.61 Å². The molecule has 4 heteroatoms. The van der Waals surface area contributed by atoms with Crippen molar-refractivity contribution in [1.82, 2.24) is 5.32 Å². The Kier molecular flexibility index (Phi) is 5.56. The molecule has 0 heterocycles. The Hall–Kier alpha value is -1.39. The molecule has 0 bridgehead atoms. The zero-order valence-corrected chi connectivity index (χ0v) is 12.9. The van der Waals surface area contributed by atoms with Gasteiger partial charge in [-0.25, -0.2) is 4.39 Å². The SMILES string of the molecule is CCNCc1ccccc1OCc1ccc(F)cc1Br. The maximum atomic E-state index is 13.0. The maximum Gasteiger partial charge on any atom is 0.124 e. The first kappa shape index (κ1) is 15.0. The van der Waals surface area contributed by atoms with Gasteiger partial charge in [-0.1, -0.05) is 47.1 Å². The fourth-order valence-electron chi connectivity index (χ4n) is 1.84. The first-order chi connectivity index (χ1) is 9.70. The molecule has 0 fully saturated rings. The molecule has 2 rings (SSSR count). The largest absolute Gasteiger partial charge is 0.489 e. The van der Waals surface area contributed by atoms with Crippen molar-refractivity contribution in [3.63, 3.8) is 0 Å². The summed E-state index contributed by atoms with van der Waals surface area (Å²) in [6, 6.07) is 12.5. The maximum absolute atomic E-state index is 13.0. The van der Waals surface area contributed by atoms with Gasteiger partial charge in [0.25, 0.3) is 0 Å². The highest BCUT2D eigenvalue weighted by Crippen LogP contribution is 2.23. The van der Waals surface area contributed by atoms with Crippen molar-refractivity contribution in [2.75, 3.05) is 6.54 Å². The number of para-hydroxylation sites is 1. The first-order valence-corrected chi connectivity index (χ1v) is 7.35. The molecular formula is C16H17BrFNO. The Bertz CT molecular complexity index is 574. The van der Waals surface area contributed by atoms with E-state index in [2.05, 4.69) is 28.2 Å². The molecule has 1 N–H and O–H groups in total. The summed E-state index contributed by atoms with van der Waals surface area (Å²) < 4.78 is 19.6. The van der Waals surface area contributed by atoms with Crippen LogP contribution in [0.2, 0.25) is 0 Å². The van der Waals surface area contributed by atoms with Crippen LogP contribution in [0, 0.1) is 5.82 Å². The fourth-order valence-corrected chi connectivity index (χ4v) is 2.31. The van der Waals surface area contributed by atoms with Crippen LogP contribution in [0.4, 0.5) is 4.39 Å². The van der Waals surface area contributed by atoms with Crippen molar-refractivity contribution >= 4 is 15.9 Å². The highest BCUT2D eigenvalue weighted by atomic mass is 79.9. The smallest absolute Gasteiger partial charge is 0.124 e. The van der Waals surface area contributed by atoms with Gasteiger partial charge in [0.15, 0.2) is 0 Å². The Balaban J connectivity index is 2.06. The summed E-state index contributed by atoms with van der Waals surface area (Å²) in [6.45, 7) is 4.16. The minimum Gasteiger partial charge on any atom is -0.489 e. The number of nitrogens with one attached hydrogen (secondary N) is 1. The van der Waals surface area contributed by atoms with Crippen LogP contribution in [-0.4, -0.2) is 6.54 Å². The molecule has 20 heavy (non-hydrogen) atoms. The Morgan fingerprint density at radius 2 is 1.95 bits per heavy atom. The molecule has 0 aliphatic rings. The second-order valence-corrected chi connectivity index (χ2v) is 5.27. The predicted octanol–water partition coefficient (Wildman–Crippen LogP) is 4.28. The van der Waals surface area contributed by atoms with Gasteiger partial charge in [0.05, 0.1) is 0 Å². The van der Waals surface area contributed by atoms with Crippen molar-refractivity contribution in [3.05, 3.63) is 63.9 Å². The third-order valence-corrected chi connectivity index (χ3v) is 3.67. The standard InChI is InChI=1S/C16H17BrFNO/c1-2-19-10-12-5-3-4-6-16(12)20-11-13-7-8-14(18)9-15(13)17/h3-9,19H,2,10-11H2,1H3. The average molecular weight is 338 g/mol. The molecule has 0 unspecified atom stereocenters. The second kappa shape index (κ2) is 7.41. The van der Waals surface area contributed by atoms with E-state index in [1.165, 1.54) is 12.1 Å². The molecule has 2 aromatic rings. The number of ether oxygens (including phenoxy) is 1. The van der Waals surface area contributed by atoms with Gasteiger partial charge < -0.3 is 10.1 Å². The minimum atomic E-state index is -0.256. The lowest BCUT2D eigenvalue weighted by molar-refractivity contribution is 0.301. The van der Waals surface area contributed by atoms with Crippen molar-refractivity contribution < 1.29 is 9.13 Å². The molecule has 0 saturated heterocycles. The van der Waals surface area contributed by atoms with Crippen LogP contribution in [0.5, 0.6) is 5.75 Å². The van der Waals surface area contributed by atoms with Crippen LogP contribution < -0.4 is 10.1 Å². The van der Waals surface area contributed by atoms with Crippen LogP contribution in [0.1, 0.15) is 18.1 Å². The lowest BCUT2D eigenvalue weighted by Crippen LogP contribution is -2.12. The zero-order chi connectivity index (χ0) is 14.4. The molecule has 0 radical (unpaired) electrons. The molecule has 0 amide bonds. The fraction of sp³-hybridized carbons (Fsp3) is 0.250. The zero-order valence-electron chi connectivity index (χ0n) is 11.3. The van der Waals surface area contributed by atoms with Gasteiger partial charge in [0, 0.05) is 22.1 Å². The lowest BCUT2D eigenvalue weighted by atomic mass is 10.2. The van der Waals surface area contributed by atoms with E-state index >= 15 is 0 Å². The molecule has 0 aliphatic heterocycles. The Labute approximate surface area is 127 Å². The van der Waals surface area contributed by atoms with E-state index in [-0.39, 0.29) is 5.82 Å². The van der Waals surface area contributed by atoms with E-state index < -0.39 is 0 Å². The van der Waals surface area contributed by atoms with Gasteiger partial charge >= 0.3 is 0 Å². The summed E-state index contributed by atoms with van der Waals surface area (Å²) in [7, 11) is 0. The Morgan fingerprint density at radius 3 is 2.70 bits per heavy atom. The number of hydrogen-bond acceptors (Lipinski definition) is 2. The predicted molar refractivity (Wildman–Crippen MR) is 82.3 cm³/mol. The van der Waals surface area contributed by atoms with Gasteiger partial charge in [0.2, 0.25) is 0 Å². The molecule has 2 aromatic carbocycles. The van der Waals surface area contributed by atoms with Gasteiger partial charge in [-0.2, -0.15) is 0 Å². The van der Waals surface area contributed by atoms with Crippen molar-refractivity contribution in [2.24, 2.45) is 0 Å². The second-order valence-electron chi connectivity index (χ2n) is 4.41. The molecule has 0 aromatic heterocycles. The van der Waals surface area contributed by atoms with Gasteiger partial charge in [-0.15, -0.1) is 0 Å². The number of halogens is 2. The molecule has 2 nitrogen and oxygen atoms in total. The third kappa shape index (κ3) is 4.05. The van der Waals surface area contributed by atoms with Crippen molar-refractivity contribution in [2.45, 2.75) is 20.1 Å². The summed E-state index contributed by atoms with van der Waals surface area (Å²) in [5.41, 5.74) is 2.04. The van der Waals surface area contributed by atoms with Gasteiger partial charge in [-0.05, 0) is 24.7 Å². The van der Waals surface area contributed by atoms with Crippen molar-refractivity contribution in [3.8, 4) is 5.75 Å².